The van der Waals surface area contributed by atoms with Crippen molar-refractivity contribution in [1.29, 1.82) is 0 Å². The first-order chi connectivity index (χ1) is 17.8. The fraction of sp³-hybridized carbons (Fsp3) is 0.393. The van der Waals surface area contributed by atoms with Gasteiger partial charge in [-0.25, -0.2) is 10.3 Å². The summed E-state index contributed by atoms with van der Waals surface area (Å²) in [6, 6.07) is 14.2. The van der Waals surface area contributed by atoms with Gasteiger partial charge in [0.15, 0.2) is 11.8 Å². The quantitative estimate of drug-likeness (QED) is 0.285. The van der Waals surface area contributed by atoms with Gasteiger partial charge in [0.05, 0.1) is 0 Å². The molecule has 0 spiro atoms. The summed E-state index contributed by atoms with van der Waals surface area (Å²) in [6.07, 6.45) is 2.45. The Kier molecular flexibility index (Phi) is 9.80. The van der Waals surface area contributed by atoms with Crippen LogP contribution in [0.3, 0.4) is 0 Å². The van der Waals surface area contributed by atoms with Gasteiger partial charge in [-0.3, -0.25) is 14.4 Å². The van der Waals surface area contributed by atoms with Crippen LogP contribution in [0.2, 0.25) is 0 Å². The second-order valence-electron chi connectivity index (χ2n) is 8.86. The van der Waals surface area contributed by atoms with E-state index >= 15 is 0 Å². The molecule has 0 bridgehead atoms. The highest BCUT2D eigenvalue weighted by Crippen LogP contribution is 2.20. The number of benzene rings is 2. The van der Waals surface area contributed by atoms with Crippen LogP contribution >= 0.6 is 0 Å². The molecule has 0 saturated carbocycles. The molecular weight excluding hydrogens is 474 g/mol. The maximum atomic E-state index is 13.2. The molecule has 3 N–H and O–H groups in total. The number of ether oxygens (including phenoxy) is 1. The Bertz CT molecular complexity index is 1150. The van der Waals surface area contributed by atoms with Crippen molar-refractivity contribution in [1.82, 2.24) is 15.7 Å². The van der Waals surface area contributed by atoms with Crippen LogP contribution in [0.1, 0.15) is 53.2 Å². The topological polar surface area (TPSA) is 117 Å². The fourth-order valence-electron chi connectivity index (χ4n) is 3.79. The molecule has 1 fully saturated rings. The average Bonchev–Trinajstić information content (AvgIpc) is 2.94. The predicted octanol–water partition coefficient (Wildman–Crippen LogP) is 1.77. The number of carbonyl (C=O) groups excluding carboxylic acids is 3. The third-order valence-electron chi connectivity index (χ3n) is 6.35. The van der Waals surface area contributed by atoms with E-state index < -0.39 is 29.6 Å². The Morgan fingerprint density at radius 2 is 1.68 bits per heavy atom. The fourth-order valence-corrected chi connectivity index (χ4v) is 3.79. The van der Waals surface area contributed by atoms with Crippen molar-refractivity contribution >= 4 is 17.7 Å². The Balaban J connectivity index is 1.70. The first-order valence-corrected chi connectivity index (χ1v) is 12.2. The molecule has 2 atom stereocenters. The molecule has 1 heterocycles. The van der Waals surface area contributed by atoms with E-state index in [-0.39, 0.29) is 6.61 Å². The summed E-state index contributed by atoms with van der Waals surface area (Å²) in [5.74, 6) is 4.15. The van der Waals surface area contributed by atoms with Gasteiger partial charge in [-0.05, 0) is 68.1 Å². The van der Waals surface area contributed by atoms with Crippen LogP contribution in [-0.4, -0.2) is 66.9 Å². The number of hydroxylamine groups is 1. The monoisotopic (exact) mass is 507 g/mol. The summed E-state index contributed by atoms with van der Waals surface area (Å²) >= 11 is 0. The van der Waals surface area contributed by atoms with Gasteiger partial charge < -0.3 is 20.1 Å². The summed E-state index contributed by atoms with van der Waals surface area (Å²) in [4.78, 5) is 45.5. The van der Waals surface area contributed by atoms with Crippen LogP contribution in [0.25, 0.3) is 0 Å². The number of hydrogen-bond donors (Lipinski definition) is 3. The van der Waals surface area contributed by atoms with Gasteiger partial charge in [-0.15, -0.1) is 0 Å². The van der Waals surface area contributed by atoms with Gasteiger partial charge in [0.2, 0.25) is 0 Å². The molecule has 1 aliphatic heterocycles. The largest absolute Gasteiger partial charge is 0.396 e. The molecule has 9 nitrogen and oxygen atoms in total. The minimum atomic E-state index is -1.87. The van der Waals surface area contributed by atoms with Crippen molar-refractivity contribution in [2.24, 2.45) is 0 Å². The van der Waals surface area contributed by atoms with E-state index in [1.807, 2.05) is 24.3 Å². The molecule has 2 aromatic rings. The lowest BCUT2D eigenvalue weighted by molar-refractivity contribution is -0.204. The van der Waals surface area contributed by atoms with Crippen molar-refractivity contribution < 1.29 is 29.1 Å². The van der Waals surface area contributed by atoms with E-state index in [0.717, 1.165) is 28.9 Å². The second kappa shape index (κ2) is 13.0. The minimum absolute atomic E-state index is 0.0986. The number of hydrogen-bond acceptors (Lipinski definition) is 6. The molecule has 1 saturated heterocycles. The SMILES string of the molecule is CNC(=O)C(C)(C(=O)NOC1CCCCO1)N(C)C(=O)c1ccc(C#Cc2ccc(CCO)cc2)cc1. The van der Waals surface area contributed by atoms with Gasteiger partial charge in [-0.2, -0.15) is 0 Å². The predicted molar refractivity (Wildman–Crippen MR) is 137 cm³/mol. The number of amides is 3. The van der Waals surface area contributed by atoms with E-state index in [2.05, 4.69) is 22.6 Å². The second-order valence-corrected chi connectivity index (χ2v) is 8.86. The zero-order chi connectivity index (χ0) is 26.8. The Morgan fingerprint density at radius 3 is 2.22 bits per heavy atom. The van der Waals surface area contributed by atoms with E-state index in [4.69, 9.17) is 14.7 Å². The summed E-state index contributed by atoms with van der Waals surface area (Å²) in [5, 5.41) is 11.5. The molecular formula is C28H33N3O6. The molecule has 0 radical (unpaired) electrons. The molecule has 3 rings (SSSR count). The molecule has 37 heavy (non-hydrogen) atoms. The molecule has 2 aromatic carbocycles. The molecule has 3 amide bonds. The number of nitrogens with one attached hydrogen (secondary N) is 2. The number of carbonyl (C=O) groups is 3. The highest BCUT2D eigenvalue weighted by molar-refractivity contribution is 6.12. The van der Waals surface area contributed by atoms with Crippen LogP contribution in [0.5, 0.6) is 0 Å². The zero-order valence-electron chi connectivity index (χ0n) is 21.4. The highest BCUT2D eigenvalue weighted by atomic mass is 16.8. The lowest BCUT2D eigenvalue weighted by atomic mass is 9.96. The van der Waals surface area contributed by atoms with Crippen LogP contribution in [0.15, 0.2) is 48.5 Å². The number of aliphatic hydroxyl groups is 1. The van der Waals surface area contributed by atoms with Crippen LogP contribution in [0.4, 0.5) is 0 Å². The molecule has 1 aliphatic rings. The third kappa shape index (κ3) is 6.95. The maximum Gasteiger partial charge on any atom is 0.279 e. The Labute approximate surface area is 217 Å². The molecule has 196 valence electrons. The normalized spacial score (nSPS) is 16.5. The summed E-state index contributed by atoms with van der Waals surface area (Å²) in [6.45, 7) is 1.99. The number of likely N-dealkylation sites (N-methyl/N-ethyl adjacent to an activating group) is 2. The first-order valence-electron chi connectivity index (χ1n) is 12.2. The lowest BCUT2D eigenvalue weighted by Crippen LogP contribution is -2.65. The molecule has 0 aliphatic carbocycles. The van der Waals surface area contributed by atoms with Crippen molar-refractivity contribution in [3.8, 4) is 11.8 Å². The molecule has 9 heteroatoms. The van der Waals surface area contributed by atoms with Crippen molar-refractivity contribution in [2.45, 2.75) is 44.4 Å². The third-order valence-corrected chi connectivity index (χ3v) is 6.35. The summed E-state index contributed by atoms with van der Waals surface area (Å²) in [5.41, 5.74) is 3.28. The minimum Gasteiger partial charge on any atom is -0.396 e. The molecule has 0 aromatic heterocycles. The van der Waals surface area contributed by atoms with Gasteiger partial charge >= 0.3 is 0 Å². The maximum absolute atomic E-state index is 13.2. The number of rotatable bonds is 8. The summed E-state index contributed by atoms with van der Waals surface area (Å²) < 4.78 is 5.44. The zero-order valence-corrected chi connectivity index (χ0v) is 21.4. The van der Waals surface area contributed by atoms with Crippen LogP contribution in [-0.2, 0) is 25.6 Å². The summed E-state index contributed by atoms with van der Waals surface area (Å²) in [7, 11) is 2.79. The Morgan fingerprint density at radius 1 is 1.05 bits per heavy atom. The first kappa shape index (κ1) is 27.9. The number of nitrogens with zero attached hydrogens (tertiary/aromatic N) is 1. The van der Waals surface area contributed by atoms with Crippen molar-refractivity contribution in [3.63, 3.8) is 0 Å². The van der Waals surface area contributed by atoms with Crippen LogP contribution in [0, 0.1) is 11.8 Å². The van der Waals surface area contributed by atoms with Gasteiger partial charge in [-0.1, -0.05) is 24.0 Å². The average molecular weight is 508 g/mol. The van der Waals surface area contributed by atoms with Crippen molar-refractivity contribution in [2.75, 3.05) is 27.3 Å². The van der Waals surface area contributed by atoms with E-state index in [0.29, 0.717) is 30.6 Å². The van der Waals surface area contributed by atoms with E-state index in [1.54, 1.807) is 24.3 Å². The van der Waals surface area contributed by atoms with Gasteiger partial charge in [0.1, 0.15) is 0 Å². The van der Waals surface area contributed by atoms with E-state index in [9.17, 15) is 14.4 Å². The van der Waals surface area contributed by atoms with Gasteiger partial charge in [0.25, 0.3) is 17.7 Å². The Hall–Kier alpha value is -3.71. The standard InChI is InChI=1S/C28H33N3O6/c1-28(26(34)29-2,27(35)30-37-24-6-4-5-19-36-24)31(3)25(33)23-15-13-21(14-16-23)8-7-20-9-11-22(12-10-20)17-18-32/h9-16,24,32H,4-6,17-19H2,1-3H3,(H,29,34)(H,30,35). The van der Waals surface area contributed by atoms with Gasteiger partial charge in [0, 0.05) is 50.4 Å². The number of aliphatic hydroxyl groups excluding tert-OH is 1. The van der Waals surface area contributed by atoms with Crippen molar-refractivity contribution in [3.05, 3.63) is 70.8 Å². The lowest BCUT2D eigenvalue weighted by Gasteiger charge is -2.36. The smallest absolute Gasteiger partial charge is 0.279 e. The highest BCUT2D eigenvalue weighted by Gasteiger charge is 2.47. The molecule has 2 unspecified atom stereocenters. The van der Waals surface area contributed by atoms with E-state index in [1.165, 1.54) is 21.0 Å². The van der Waals surface area contributed by atoms with Crippen LogP contribution < -0.4 is 10.8 Å².